The minimum absolute atomic E-state index is 0.111. The number of halogens is 1. The Hall–Kier alpha value is -2.47. The number of aliphatic hydroxyl groups is 1. The van der Waals surface area contributed by atoms with E-state index in [1.807, 2.05) is 0 Å². The molecule has 0 aliphatic carbocycles. The van der Waals surface area contributed by atoms with Crippen molar-refractivity contribution in [2.24, 2.45) is 0 Å². The van der Waals surface area contributed by atoms with Gasteiger partial charge in [-0.2, -0.15) is 0 Å². The molecular weight excluding hydrogens is 253 g/mol. The first-order chi connectivity index (χ1) is 9.10. The molecular formula is C13H10FNO4. The van der Waals surface area contributed by atoms with Crippen molar-refractivity contribution in [1.82, 2.24) is 0 Å². The van der Waals surface area contributed by atoms with Crippen molar-refractivity contribution in [2.45, 2.75) is 6.61 Å². The molecule has 2 aromatic carbocycles. The van der Waals surface area contributed by atoms with Gasteiger partial charge in [0, 0.05) is 12.1 Å². The van der Waals surface area contributed by atoms with Crippen molar-refractivity contribution in [3.05, 3.63) is 64.0 Å². The Morgan fingerprint density at radius 2 is 1.89 bits per heavy atom. The highest BCUT2D eigenvalue weighted by Crippen LogP contribution is 2.31. The number of benzene rings is 2. The molecule has 0 aromatic heterocycles. The van der Waals surface area contributed by atoms with Crippen LogP contribution in [-0.2, 0) is 6.61 Å². The molecule has 6 heteroatoms. The van der Waals surface area contributed by atoms with Gasteiger partial charge in [0.25, 0.3) is 0 Å². The molecule has 0 unspecified atom stereocenters. The molecule has 0 saturated heterocycles. The fourth-order valence-corrected chi connectivity index (χ4v) is 1.51. The summed E-state index contributed by atoms with van der Waals surface area (Å²) in [4.78, 5) is 10.2. The van der Waals surface area contributed by atoms with E-state index in [-0.39, 0.29) is 18.0 Å². The van der Waals surface area contributed by atoms with Gasteiger partial charge in [0.05, 0.1) is 11.5 Å². The van der Waals surface area contributed by atoms with Gasteiger partial charge in [0.2, 0.25) is 5.75 Å². The number of hydrogen-bond donors (Lipinski definition) is 1. The van der Waals surface area contributed by atoms with Gasteiger partial charge in [0.15, 0.2) is 0 Å². The second-order valence-electron chi connectivity index (χ2n) is 3.77. The Morgan fingerprint density at radius 1 is 1.21 bits per heavy atom. The van der Waals surface area contributed by atoms with Gasteiger partial charge < -0.3 is 9.84 Å². The molecule has 19 heavy (non-hydrogen) atoms. The maximum atomic E-state index is 13.1. The molecule has 98 valence electrons. The first-order valence-corrected chi connectivity index (χ1v) is 5.42. The SMILES string of the molecule is O=[N+]([O-])c1ccc(F)cc1Oc1ccc(CO)cc1. The lowest BCUT2D eigenvalue weighted by atomic mass is 10.2. The van der Waals surface area contributed by atoms with E-state index in [0.29, 0.717) is 11.3 Å². The molecule has 0 aliphatic rings. The van der Waals surface area contributed by atoms with Gasteiger partial charge in [-0.05, 0) is 23.8 Å². The topological polar surface area (TPSA) is 72.6 Å². The van der Waals surface area contributed by atoms with Crippen LogP contribution in [-0.4, -0.2) is 10.0 Å². The first kappa shape index (κ1) is 13.0. The summed E-state index contributed by atoms with van der Waals surface area (Å²) >= 11 is 0. The van der Waals surface area contributed by atoms with Crippen molar-refractivity contribution in [3.63, 3.8) is 0 Å². The molecule has 0 heterocycles. The van der Waals surface area contributed by atoms with E-state index in [9.17, 15) is 14.5 Å². The summed E-state index contributed by atoms with van der Waals surface area (Å²) in [6, 6.07) is 9.31. The normalized spacial score (nSPS) is 10.2. The maximum absolute atomic E-state index is 13.1. The van der Waals surface area contributed by atoms with E-state index in [0.717, 1.165) is 18.2 Å². The minimum atomic E-state index is -0.642. The average Bonchev–Trinajstić information content (AvgIpc) is 2.39. The number of aliphatic hydroxyl groups excluding tert-OH is 1. The average molecular weight is 263 g/mol. The zero-order chi connectivity index (χ0) is 13.8. The van der Waals surface area contributed by atoms with Crippen molar-refractivity contribution in [2.75, 3.05) is 0 Å². The summed E-state index contributed by atoms with van der Waals surface area (Å²) < 4.78 is 18.4. The van der Waals surface area contributed by atoms with E-state index in [2.05, 4.69) is 0 Å². The van der Waals surface area contributed by atoms with E-state index in [4.69, 9.17) is 9.84 Å². The summed E-state index contributed by atoms with van der Waals surface area (Å²) in [5, 5.41) is 19.7. The molecule has 0 fully saturated rings. The van der Waals surface area contributed by atoms with Crippen LogP contribution in [0, 0.1) is 15.9 Å². The van der Waals surface area contributed by atoms with E-state index in [1.165, 1.54) is 0 Å². The fraction of sp³-hybridized carbons (Fsp3) is 0.0769. The Kier molecular flexibility index (Phi) is 3.72. The third-order valence-electron chi connectivity index (χ3n) is 2.45. The number of hydrogen-bond acceptors (Lipinski definition) is 4. The molecule has 0 spiro atoms. The second-order valence-corrected chi connectivity index (χ2v) is 3.77. The van der Waals surface area contributed by atoms with Gasteiger partial charge in [0.1, 0.15) is 11.6 Å². The molecule has 5 nitrogen and oxygen atoms in total. The Balaban J connectivity index is 2.31. The van der Waals surface area contributed by atoms with E-state index >= 15 is 0 Å². The van der Waals surface area contributed by atoms with Crippen LogP contribution in [0.15, 0.2) is 42.5 Å². The monoisotopic (exact) mass is 263 g/mol. The summed E-state index contributed by atoms with van der Waals surface area (Å²) in [6.07, 6.45) is 0. The molecule has 0 saturated carbocycles. The zero-order valence-electron chi connectivity index (χ0n) is 9.75. The minimum Gasteiger partial charge on any atom is -0.450 e. The third kappa shape index (κ3) is 3.05. The quantitative estimate of drug-likeness (QED) is 0.679. The zero-order valence-corrected chi connectivity index (χ0v) is 9.75. The van der Waals surface area contributed by atoms with Crippen molar-refractivity contribution >= 4 is 5.69 Å². The smallest absolute Gasteiger partial charge is 0.311 e. The predicted molar refractivity (Wildman–Crippen MR) is 65.5 cm³/mol. The molecule has 0 radical (unpaired) electrons. The van der Waals surface area contributed by atoms with Gasteiger partial charge >= 0.3 is 5.69 Å². The van der Waals surface area contributed by atoms with Gasteiger partial charge in [-0.1, -0.05) is 12.1 Å². The van der Waals surface area contributed by atoms with Crippen LogP contribution >= 0.6 is 0 Å². The molecule has 2 rings (SSSR count). The Morgan fingerprint density at radius 3 is 2.47 bits per heavy atom. The molecule has 0 aliphatic heterocycles. The summed E-state index contributed by atoms with van der Waals surface area (Å²) in [5.74, 6) is -0.458. The Labute approximate surface area is 108 Å². The largest absolute Gasteiger partial charge is 0.450 e. The number of ether oxygens (including phenoxy) is 1. The number of rotatable bonds is 4. The third-order valence-corrected chi connectivity index (χ3v) is 2.45. The van der Waals surface area contributed by atoms with E-state index in [1.54, 1.807) is 24.3 Å². The van der Waals surface area contributed by atoms with Crippen LogP contribution in [0.2, 0.25) is 0 Å². The highest BCUT2D eigenvalue weighted by molar-refractivity contribution is 5.48. The van der Waals surface area contributed by atoms with Gasteiger partial charge in [-0.25, -0.2) is 4.39 Å². The van der Waals surface area contributed by atoms with Gasteiger partial charge in [-0.15, -0.1) is 0 Å². The van der Waals surface area contributed by atoms with Crippen molar-refractivity contribution < 1.29 is 19.2 Å². The predicted octanol–water partition coefficient (Wildman–Crippen LogP) is 3.02. The van der Waals surface area contributed by atoms with E-state index < -0.39 is 10.7 Å². The van der Waals surface area contributed by atoms with Crippen LogP contribution in [0.5, 0.6) is 11.5 Å². The number of nitro benzene ring substituents is 1. The lowest BCUT2D eigenvalue weighted by Crippen LogP contribution is -1.94. The molecule has 1 N–H and O–H groups in total. The van der Waals surface area contributed by atoms with Crippen molar-refractivity contribution in [3.8, 4) is 11.5 Å². The standard InChI is InChI=1S/C13H10FNO4/c14-10-3-6-12(15(17)18)13(7-10)19-11-4-1-9(8-16)2-5-11/h1-7,16H,8H2. The fourth-order valence-electron chi connectivity index (χ4n) is 1.51. The van der Waals surface area contributed by atoms with Crippen LogP contribution in [0.25, 0.3) is 0 Å². The summed E-state index contributed by atoms with van der Waals surface area (Å²) in [7, 11) is 0. The number of nitro groups is 1. The Bertz CT molecular complexity index is 598. The molecule has 0 bridgehead atoms. The lowest BCUT2D eigenvalue weighted by molar-refractivity contribution is -0.385. The highest BCUT2D eigenvalue weighted by Gasteiger charge is 2.16. The summed E-state index contributed by atoms with van der Waals surface area (Å²) in [5.41, 5.74) is 0.369. The molecule has 0 amide bonds. The van der Waals surface area contributed by atoms with Gasteiger partial charge in [-0.3, -0.25) is 10.1 Å². The maximum Gasteiger partial charge on any atom is 0.311 e. The van der Waals surface area contributed by atoms with Crippen molar-refractivity contribution in [1.29, 1.82) is 0 Å². The number of nitrogens with zero attached hydrogens (tertiary/aromatic N) is 1. The molecule has 0 atom stereocenters. The first-order valence-electron chi connectivity index (χ1n) is 5.42. The van der Waals surface area contributed by atoms with Crippen LogP contribution in [0.1, 0.15) is 5.56 Å². The van der Waals surface area contributed by atoms with Crippen LogP contribution in [0.4, 0.5) is 10.1 Å². The summed E-state index contributed by atoms with van der Waals surface area (Å²) in [6.45, 7) is -0.111. The van der Waals surface area contributed by atoms with Crippen LogP contribution in [0.3, 0.4) is 0 Å². The highest BCUT2D eigenvalue weighted by atomic mass is 19.1. The second kappa shape index (κ2) is 5.45. The molecule has 2 aromatic rings. The lowest BCUT2D eigenvalue weighted by Gasteiger charge is -2.06. The van der Waals surface area contributed by atoms with Crippen LogP contribution < -0.4 is 4.74 Å².